The molecule has 86 valence electrons. The second kappa shape index (κ2) is 5.37. The number of nitrogens with two attached hydrogens (primary N) is 1. The van der Waals surface area contributed by atoms with Gasteiger partial charge in [0.05, 0.1) is 0 Å². The molecule has 1 atom stereocenters. The maximum atomic E-state index is 11.0. The van der Waals surface area contributed by atoms with Gasteiger partial charge in [0.2, 0.25) is 5.91 Å². The number of carbonyl (C=O) groups excluding carboxylic acids is 1. The molecule has 1 fully saturated rings. The molecule has 1 aromatic rings. The van der Waals surface area contributed by atoms with Crippen LogP contribution in [0.1, 0.15) is 22.3 Å². The van der Waals surface area contributed by atoms with E-state index in [4.69, 9.17) is 5.73 Å². The average Bonchev–Trinajstić information content (AvgIpc) is 2.79. The fraction of sp³-hybridized carbons (Fsp3) is 0.417. The van der Waals surface area contributed by atoms with Crippen molar-refractivity contribution < 1.29 is 4.79 Å². The van der Waals surface area contributed by atoms with Crippen molar-refractivity contribution in [3.63, 3.8) is 0 Å². The Bertz CT molecular complexity index is 375. The minimum absolute atomic E-state index is 0.363. The van der Waals surface area contributed by atoms with Crippen molar-refractivity contribution in [1.82, 2.24) is 5.32 Å². The highest BCUT2D eigenvalue weighted by Gasteiger charge is 2.14. The maximum Gasteiger partial charge on any atom is 0.248 e. The molecular weight excluding hydrogens is 220 g/mol. The lowest BCUT2D eigenvalue weighted by molar-refractivity contribution is 0.1000. The summed E-state index contributed by atoms with van der Waals surface area (Å²) in [5.74, 6) is 2.08. The normalized spacial score (nSPS) is 19.9. The summed E-state index contributed by atoms with van der Waals surface area (Å²) in [6, 6.07) is 8.11. The van der Waals surface area contributed by atoms with Gasteiger partial charge in [0, 0.05) is 23.9 Å². The molecule has 1 heterocycles. The highest BCUT2D eigenvalue weighted by Crippen LogP contribution is 2.17. The Morgan fingerprint density at radius 2 is 2.44 bits per heavy atom. The third-order valence-corrected chi connectivity index (χ3v) is 3.90. The first-order valence-corrected chi connectivity index (χ1v) is 6.61. The summed E-state index contributed by atoms with van der Waals surface area (Å²) >= 11 is 1.99. The number of thioether (sulfide) groups is 1. The second-order valence-electron chi connectivity index (χ2n) is 4.01. The quantitative estimate of drug-likeness (QED) is 0.830. The average molecular weight is 236 g/mol. The van der Waals surface area contributed by atoms with Crippen molar-refractivity contribution in [3.05, 3.63) is 35.4 Å². The van der Waals surface area contributed by atoms with E-state index in [-0.39, 0.29) is 5.91 Å². The van der Waals surface area contributed by atoms with Crippen LogP contribution in [0.15, 0.2) is 24.3 Å². The third-order valence-electron chi connectivity index (χ3n) is 2.74. The maximum absolute atomic E-state index is 11.0. The molecule has 1 aliphatic heterocycles. The number of hydrogen-bond acceptors (Lipinski definition) is 3. The lowest BCUT2D eigenvalue weighted by Gasteiger charge is -2.11. The Balaban J connectivity index is 1.93. The highest BCUT2D eigenvalue weighted by atomic mass is 32.2. The molecule has 1 aromatic carbocycles. The lowest BCUT2D eigenvalue weighted by Crippen LogP contribution is -2.28. The molecule has 1 aliphatic rings. The Morgan fingerprint density at radius 3 is 3.12 bits per heavy atom. The van der Waals surface area contributed by atoms with E-state index in [1.165, 1.54) is 17.9 Å². The molecule has 1 unspecified atom stereocenters. The topological polar surface area (TPSA) is 55.1 Å². The number of amides is 1. The summed E-state index contributed by atoms with van der Waals surface area (Å²) < 4.78 is 0. The number of nitrogens with one attached hydrogen (secondary N) is 1. The zero-order valence-electron chi connectivity index (χ0n) is 9.11. The SMILES string of the molecule is NC(=O)c1cccc(CNC2CCSC2)c1. The molecule has 0 bridgehead atoms. The highest BCUT2D eigenvalue weighted by molar-refractivity contribution is 7.99. The molecule has 0 radical (unpaired) electrons. The van der Waals surface area contributed by atoms with Gasteiger partial charge in [-0.15, -0.1) is 0 Å². The summed E-state index contributed by atoms with van der Waals surface area (Å²) in [5.41, 5.74) is 6.94. The monoisotopic (exact) mass is 236 g/mol. The van der Waals surface area contributed by atoms with Gasteiger partial charge in [-0.3, -0.25) is 4.79 Å². The van der Waals surface area contributed by atoms with Gasteiger partial charge < -0.3 is 11.1 Å². The minimum atomic E-state index is -0.363. The smallest absolute Gasteiger partial charge is 0.248 e. The Labute approximate surface area is 99.8 Å². The van der Waals surface area contributed by atoms with Crippen LogP contribution >= 0.6 is 11.8 Å². The molecular formula is C12H16N2OS. The van der Waals surface area contributed by atoms with Crippen molar-refractivity contribution in [1.29, 1.82) is 0 Å². The van der Waals surface area contributed by atoms with Crippen LogP contribution in [-0.4, -0.2) is 23.5 Å². The summed E-state index contributed by atoms with van der Waals surface area (Å²) in [6.45, 7) is 0.812. The van der Waals surface area contributed by atoms with E-state index in [0.717, 1.165) is 12.1 Å². The van der Waals surface area contributed by atoms with Gasteiger partial charge in [-0.2, -0.15) is 11.8 Å². The lowest BCUT2D eigenvalue weighted by atomic mass is 10.1. The van der Waals surface area contributed by atoms with Crippen molar-refractivity contribution in [2.45, 2.75) is 19.0 Å². The minimum Gasteiger partial charge on any atom is -0.366 e. The molecule has 1 saturated heterocycles. The van der Waals surface area contributed by atoms with E-state index in [0.29, 0.717) is 11.6 Å². The summed E-state index contributed by atoms with van der Waals surface area (Å²) in [6.07, 6.45) is 1.24. The molecule has 0 saturated carbocycles. The van der Waals surface area contributed by atoms with Crippen LogP contribution in [-0.2, 0) is 6.54 Å². The Kier molecular flexibility index (Phi) is 3.85. The van der Waals surface area contributed by atoms with E-state index in [9.17, 15) is 4.79 Å². The van der Waals surface area contributed by atoms with Crippen LogP contribution in [0.4, 0.5) is 0 Å². The summed E-state index contributed by atoms with van der Waals surface area (Å²) in [7, 11) is 0. The van der Waals surface area contributed by atoms with E-state index < -0.39 is 0 Å². The van der Waals surface area contributed by atoms with Crippen LogP contribution in [0.3, 0.4) is 0 Å². The standard InChI is InChI=1S/C12H16N2OS/c13-12(15)10-3-1-2-9(6-10)7-14-11-4-5-16-8-11/h1-3,6,11,14H,4-5,7-8H2,(H2,13,15). The predicted octanol–water partition coefficient (Wildman–Crippen LogP) is 1.38. The van der Waals surface area contributed by atoms with Gasteiger partial charge in [0.1, 0.15) is 0 Å². The second-order valence-corrected chi connectivity index (χ2v) is 5.16. The molecule has 3 N–H and O–H groups in total. The number of primary amides is 1. The van der Waals surface area contributed by atoms with Gasteiger partial charge in [-0.1, -0.05) is 12.1 Å². The van der Waals surface area contributed by atoms with Crippen molar-refractivity contribution >= 4 is 17.7 Å². The molecule has 1 amide bonds. The molecule has 0 aliphatic carbocycles. The summed E-state index contributed by atoms with van der Waals surface area (Å²) in [4.78, 5) is 11.0. The molecule has 4 heteroatoms. The van der Waals surface area contributed by atoms with E-state index in [2.05, 4.69) is 5.32 Å². The van der Waals surface area contributed by atoms with E-state index in [1.807, 2.05) is 30.0 Å². The molecule has 0 aromatic heterocycles. The zero-order valence-corrected chi connectivity index (χ0v) is 9.93. The third kappa shape index (κ3) is 3.00. The van der Waals surface area contributed by atoms with Crippen LogP contribution < -0.4 is 11.1 Å². The number of benzene rings is 1. The first-order valence-electron chi connectivity index (χ1n) is 5.45. The van der Waals surface area contributed by atoms with Crippen molar-refractivity contribution in [2.24, 2.45) is 5.73 Å². The van der Waals surface area contributed by atoms with Gasteiger partial charge >= 0.3 is 0 Å². The van der Waals surface area contributed by atoms with Crippen LogP contribution in [0.2, 0.25) is 0 Å². The Hall–Kier alpha value is -1.00. The van der Waals surface area contributed by atoms with Gasteiger partial charge in [-0.25, -0.2) is 0 Å². The van der Waals surface area contributed by atoms with Gasteiger partial charge in [0.25, 0.3) is 0 Å². The van der Waals surface area contributed by atoms with Crippen molar-refractivity contribution in [3.8, 4) is 0 Å². The first kappa shape index (κ1) is 11.5. The van der Waals surface area contributed by atoms with E-state index >= 15 is 0 Å². The first-order chi connectivity index (χ1) is 7.75. The molecule has 2 rings (SSSR count). The van der Waals surface area contributed by atoms with Gasteiger partial charge in [0.15, 0.2) is 0 Å². The predicted molar refractivity (Wildman–Crippen MR) is 67.5 cm³/mol. The molecule has 0 spiro atoms. The Morgan fingerprint density at radius 1 is 1.56 bits per heavy atom. The molecule has 3 nitrogen and oxygen atoms in total. The summed E-state index contributed by atoms with van der Waals surface area (Å²) in [5, 5.41) is 3.49. The van der Waals surface area contributed by atoms with Gasteiger partial charge in [-0.05, 0) is 29.9 Å². The fourth-order valence-corrected chi connectivity index (χ4v) is 2.98. The van der Waals surface area contributed by atoms with Crippen LogP contribution in [0, 0.1) is 0 Å². The largest absolute Gasteiger partial charge is 0.366 e. The number of rotatable bonds is 4. The van der Waals surface area contributed by atoms with Crippen molar-refractivity contribution in [2.75, 3.05) is 11.5 Å². The van der Waals surface area contributed by atoms with E-state index in [1.54, 1.807) is 6.07 Å². The molecule has 16 heavy (non-hydrogen) atoms. The number of carbonyl (C=O) groups is 1. The zero-order chi connectivity index (χ0) is 11.4. The number of hydrogen-bond donors (Lipinski definition) is 2. The van der Waals surface area contributed by atoms with Crippen LogP contribution in [0.5, 0.6) is 0 Å². The fourth-order valence-electron chi connectivity index (χ4n) is 1.79. The van der Waals surface area contributed by atoms with Crippen LogP contribution in [0.25, 0.3) is 0 Å².